The van der Waals surface area contributed by atoms with Crippen molar-refractivity contribution in [3.8, 4) is 0 Å². The normalized spacial score (nSPS) is 18.1. The van der Waals surface area contributed by atoms with Crippen LogP contribution in [0.2, 0.25) is 0 Å². The zero-order chi connectivity index (χ0) is 26.4. The highest BCUT2D eigenvalue weighted by Crippen LogP contribution is 2.25. The number of aliphatic imine (C=N–C) groups is 2. The van der Waals surface area contributed by atoms with Gasteiger partial charge in [0.05, 0.1) is 12.2 Å². The van der Waals surface area contributed by atoms with Gasteiger partial charge in [-0.2, -0.15) is 0 Å². The van der Waals surface area contributed by atoms with Crippen LogP contribution in [-0.2, 0) is 11.3 Å². The number of carbonyl (C=O) groups excluding carboxylic acids is 1. The van der Waals surface area contributed by atoms with Gasteiger partial charge in [0.25, 0.3) is 0 Å². The molecule has 1 aliphatic heterocycles. The number of aryl methyl sites for hydroxylation is 1. The number of amides is 1. The van der Waals surface area contributed by atoms with Crippen molar-refractivity contribution >= 4 is 37.8 Å². The van der Waals surface area contributed by atoms with Crippen LogP contribution in [0.1, 0.15) is 43.9 Å². The summed E-state index contributed by atoms with van der Waals surface area (Å²) >= 11 is 0. The first kappa shape index (κ1) is 27.3. The first-order chi connectivity index (χ1) is 17.1. The van der Waals surface area contributed by atoms with Gasteiger partial charge in [-0.25, -0.2) is 23.6 Å². The van der Waals surface area contributed by atoms with Crippen LogP contribution in [0.25, 0.3) is 0 Å². The number of carbonyl (C=O) groups is 1. The Morgan fingerprint density at radius 3 is 2.61 bits per heavy atom. The van der Waals surface area contributed by atoms with Crippen LogP contribution in [0, 0.1) is 24.4 Å². The van der Waals surface area contributed by atoms with E-state index in [9.17, 15) is 18.0 Å². The Bertz CT molecular complexity index is 1250. The lowest BCUT2D eigenvalue weighted by Crippen LogP contribution is -2.63. The maximum Gasteiger partial charge on any atom is 0.245 e. The Hall–Kier alpha value is -3.29. The SMILES string of the molecule is CC/C=C/C=C\N=C(C)c1cc(N=C2NC(=O)C(C)NN2Cc2cc(F)c(F)c(P)c2)c(C)cc1F. The van der Waals surface area contributed by atoms with Gasteiger partial charge < -0.3 is 0 Å². The van der Waals surface area contributed by atoms with E-state index in [4.69, 9.17) is 0 Å². The van der Waals surface area contributed by atoms with Crippen molar-refractivity contribution in [3.05, 3.63) is 82.8 Å². The Balaban J connectivity index is 1.97. The second-order valence-electron chi connectivity index (χ2n) is 8.35. The monoisotopic (exact) mass is 515 g/mol. The summed E-state index contributed by atoms with van der Waals surface area (Å²) in [7, 11) is 2.16. The maximum atomic E-state index is 14.7. The summed E-state index contributed by atoms with van der Waals surface area (Å²) in [4.78, 5) is 21.2. The fourth-order valence-corrected chi connectivity index (χ4v) is 3.80. The minimum atomic E-state index is -0.974. The Labute approximate surface area is 211 Å². The van der Waals surface area contributed by atoms with Crippen LogP contribution in [-0.4, -0.2) is 28.6 Å². The highest BCUT2D eigenvalue weighted by atomic mass is 31.0. The number of guanidine groups is 1. The van der Waals surface area contributed by atoms with E-state index in [0.29, 0.717) is 22.5 Å². The first-order valence-corrected chi connectivity index (χ1v) is 12.0. The minimum absolute atomic E-state index is 0.0885. The third-order valence-electron chi connectivity index (χ3n) is 5.43. The van der Waals surface area contributed by atoms with E-state index in [-0.39, 0.29) is 29.3 Å². The zero-order valence-electron chi connectivity index (χ0n) is 20.6. The summed E-state index contributed by atoms with van der Waals surface area (Å²) in [6, 6.07) is 4.92. The number of benzene rings is 2. The molecule has 2 N–H and O–H groups in total. The van der Waals surface area contributed by atoms with Gasteiger partial charge in [0.2, 0.25) is 11.9 Å². The van der Waals surface area contributed by atoms with Gasteiger partial charge in [-0.05, 0) is 68.7 Å². The lowest BCUT2D eigenvalue weighted by atomic mass is 10.1. The summed E-state index contributed by atoms with van der Waals surface area (Å²) in [6.07, 6.45) is 8.09. The first-order valence-electron chi connectivity index (χ1n) is 11.4. The van der Waals surface area contributed by atoms with Gasteiger partial charge in [0, 0.05) is 22.8 Å². The zero-order valence-corrected chi connectivity index (χ0v) is 21.7. The fourth-order valence-electron chi connectivity index (χ4n) is 3.45. The van der Waals surface area contributed by atoms with E-state index < -0.39 is 23.5 Å². The van der Waals surface area contributed by atoms with Crippen LogP contribution in [0.4, 0.5) is 18.9 Å². The number of halogens is 3. The van der Waals surface area contributed by atoms with Gasteiger partial charge in [-0.1, -0.05) is 19.1 Å². The van der Waals surface area contributed by atoms with Crippen LogP contribution in [0.5, 0.6) is 0 Å². The largest absolute Gasteiger partial charge is 0.294 e. The molecule has 0 spiro atoms. The van der Waals surface area contributed by atoms with Crippen LogP contribution in [0.3, 0.4) is 0 Å². The molecule has 1 aliphatic rings. The van der Waals surface area contributed by atoms with Crippen molar-refractivity contribution in [2.75, 3.05) is 0 Å². The lowest BCUT2D eigenvalue weighted by molar-refractivity contribution is -0.124. The van der Waals surface area contributed by atoms with E-state index in [2.05, 4.69) is 30.0 Å². The number of nitrogens with zero attached hydrogens (tertiary/aromatic N) is 3. The third kappa shape index (κ3) is 6.68. The molecule has 2 unspecified atom stereocenters. The quantitative estimate of drug-likeness (QED) is 0.319. The fraction of sp³-hybridized carbons (Fsp3) is 0.269. The van der Waals surface area contributed by atoms with Crippen LogP contribution >= 0.6 is 9.24 Å². The summed E-state index contributed by atoms with van der Waals surface area (Å²) in [5.74, 6) is -2.52. The molecule has 6 nitrogen and oxygen atoms in total. The van der Waals surface area contributed by atoms with Crippen molar-refractivity contribution in [1.29, 1.82) is 0 Å². The van der Waals surface area contributed by atoms with Crippen molar-refractivity contribution in [3.63, 3.8) is 0 Å². The number of hydrogen-bond acceptors (Lipinski definition) is 4. The molecule has 2 aromatic carbocycles. The molecule has 36 heavy (non-hydrogen) atoms. The maximum absolute atomic E-state index is 14.7. The standard InChI is InChI=1S/C26H29F3N5OP/c1-5-6-7-8-9-30-16(3)19-13-22(15(2)10-20(19)27)31-26-32-25(35)17(4)33-34(26)14-18-11-21(28)24(29)23(36)12-18/h6-13,17,33H,5,14,36H2,1-4H3,(H,31,32,35)/b7-6+,9-8-,30-16?. The van der Waals surface area contributed by atoms with Gasteiger partial charge in [-0.3, -0.25) is 20.1 Å². The summed E-state index contributed by atoms with van der Waals surface area (Å²) < 4.78 is 42.4. The van der Waals surface area contributed by atoms with E-state index in [1.807, 2.05) is 19.1 Å². The topological polar surface area (TPSA) is 69.1 Å². The molecule has 0 bridgehead atoms. The average Bonchev–Trinajstić information content (AvgIpc) is 2.82. The number of allylic oxidation sites excluding steroid dienone is 3. The second-order valence-corrected chi connectivity index (χ2v) is 8.98. The molecule has 10 heteroatoms. The molecule has 0 radical (unpaired) electrons. The van der Waals surface area contributed by atoms with Gasteiger partial charge in [0.15, 0.2) is 11.6 Å². The van der Waals surface area contributed by atoms with Crippen LogP contribution < -0.4 is 16.0 Å². The van der Waals surface area contributed by atoms with Crippen molar-refractivity contribution in [1.82, 2.24) is 15.8 Å². The number of rotatable bonds is 7. The molecule has 0 saturated carbocycles. The minimum Gasteiger partial charge on any atom is -0.294 e. The second kappa shape index (κ2) is 12.1. The highest BCUT2D eigenvalue weighted by molar-refractivity contribution is 7.27. The number of hydrazine groups is 1. The number of nitrogens with one attached hydrogen (secondary N) is 2. The van der Waals surface area contributed by atoms with Gasteiger partial charge in [-0.15, -0.1) is 9.24 Å². The molecule has 0 aromatic heterocycles. The number of hydrogen-bond donors (Lipinski definition) is 2. The molecular weight excluding hydrogens is 486 g/mol. The van der Waals surface area contributed by atoms with Gasteiger partial charge in [0.1, 0.15) is 11.9 Å². The Kier molecular flexibility index (Phi) is 9.18. The molecule has 3 rings (SSSR count). The van der Waals surface area contributed by atoms with Crippen molar-refractivity contribution in [2.45, 2.75) is 46.7 Å². The lowest BCUT2D eigenvalue weighted by Gasteiger charge is -2.34. The molecule has 1 heterocycles. The highest BCUT2D eigenvalue weighted by Gasteiger charge is 2.28. The molecule has 2 atom stereocenters. The van der Waals surface area contributed by atoms with Crippen molar-refractivity contribution in [2.24, 2.45) is 9.98 Å². The molecular formula is C26H29F3N5OP. The predicted molar refractivity (Wildman–Crippen MR) is 141 cm³/mol. The molecule has 2 aromatic rings. The Morgan fingerprint density at radius 1 is 1.17 bits per heavy atom. The van der Waals surface area contributed by atoms with E-state index in [1.54, 1.807) is 39.1 Å². The van der Waals surface area contributed by atoms with Crippen molar-refractivity contribution < 1.29 is 18.0 Å². The smallest absolute Gasteiger partial charge is 0.245 e. The van der Waals surface area contributed by atoms with E-state index >= 15 is 0 Å². The molecule has 1 amide bonds. The summed E-state index contributed by atoms with van der Waals surface area (Å²) in [6.45, 7) is 7.17. The summed E-state index contributed by atoms with van der Waals surface area (Å²) in [5.41, 5.74) is 5.17. The van der Waals surface area contributed by atoms with Gasteiger partial charge >= 0.3 is 0 Å². The molecule has 0 aliphatic carbocycles. The predicted octanol–water partition coefficient (Wildman–Crippen LogP) is 4.71. The Morgan fingerprint density at radius 2 is 1.92 bits per heavy atom. The summed E-state index contributed by atoms with van der Waals surface area (Å²) in [5, 5.41) is 4.35. The third-order valence-corrected chi connectivity index (χ3v) is 5.85. The van der Waals surface area contributed by atoms with E-state index in [1.165, 1.54) is 17.1 Å². The molecule has 1 saturated heterocycles. The van der Waals surface area contributed by atoms with E-state index in [0.717, 1.165) is 12.5 Å². The molecule has 190 valence electrons. The van der Waals surface area contributed by atoms with Crippen LogP contribution in [0.15, 0.2) is 58.7 Å². The average molecular weight is 516 g/mol. The molecule has 1 fully saturated rings.